The van der Waals surface area contributed by atoms with Gasteiger partial charge in [0.25, 0.3) is 0 Å². The van der Waals surface area contributed by atoms with Crippen molar-refractivity contribution in [3.05, 3.63) is 41.2 Å². The van der Waals surface area contributed by atoms with E-state index in [-0.39, 0.29) is 11.9 Å². The molecule has 130 valence electrons. The van der Waals surface area contributed by atoms with Crippen LogP contribution in [0.1, 0.15) is 36.3 Å². The smallest absolute Gasteiger partial charge is 0.222 e. The summed E-state index contributed by atoms with van der Waals surface area (Å²) in [4.78, 5) is 12.2. The van der Waals surface area contributed by atoms with Crippen LogP contribution in [0.2, 0.25) is 0 Å². The monoisotopic (exact) mass is 331 g/mol. The number of nitrogens with one attached hydrogen (secondary N) is 1. The minimum atomic E-state index is -0.00941. The first-order valence-corrected chi connectivity index (χ1v) is 7.95. The third-order valence-electron chi connectivity index (χ3n) is 3.88. The molecule has 0 radical (unpaired) electrons. The number of carbonyl (C=O) groups is 1. The zero-order valence-corrected chi connectivity index (χ0v) is 14.9. The van der Waals surface area contributed by atoms with E-state index >= 15 is 0 Å². The number of benzene rings is 1. The molecule has 1 atom stereocenters. The normalized spacial score (nSPS) is 11.9. The fourth-order valence-corrected chi connectivity index (χ4v) is 2.71. The maximum Gasteiger partial charge on any atom is 0.222 e. The van der Waals surface area contributed by atoms with E-state index in [1.807, 2.05) is 49.7 Å². The van der Waals surface area contributed by atoms with Gasteiger partial charge in [0.15, 0.2) is 11.5 Å². The Morgan fingerprint density at radius 2 is 1.92 bits per heavy atom. The molecule has 1 heterocycles. The molecule has 2 aromatic rings. The second kappa shape index (κ2) is 7.86. The minimum Gasteiger partial charge on any atom is -0.493 e. The molecule has 0 aliphatic heterocycles. The van der Waals surface area contributed by atoms with Crippen molar-refractivity contribution in [3.63, 3.8) is 0 Å². The van der Waals surface area contributed by atoms with Crippen molar-refractivity contribution in [2.45, 2.75) is 39.8 Å². The standard InChI is InChI=1S/C18H25N3O3/c1-12-8-13(2)21(20-12)14(3)9-18(22)19-11-15-6-7-16(23-4)17(10-15)24-5/h6-8,10,14H,9,11H2,1-5H3,(H,19,22). The predicted molar refractivity (Wildman–Crippen MR) is 92.4 cm³/mol. The van der Waals surface area contributed by atoms with Crippen molar-refractivity contribution in [3.8, 4) is 11.5 Å². The number of rotatable bonds is 7. The summed E-state index contributed by atoms with van der Waals surface area (Å²) >= 11 is 0. The summed E-state index contributed by atoms with van der Waals surface area (Å²) in [7, 11) is 3.19. The van der Waals surface area contributed by atoms with Crippen LogP contribution in [0, 0.1) is 13.8 Å². The SMILES string of the molecule is COc1ccc(CNC(=O)CC(C)n2nc(C)cc2C)cc1OC. The average molecular weight is 331 g/mol. The van der Waals surface area contributed by atoms with E-state index in [2.05, 4.69) is 10.4 Å². The number of amides is 1. The second-order valence-electron chi connectivity index (χ2n) is 5.89. The first-order chi connectivity index (χ1) is 11.4. The van der Waals surface area contributed by atoms with Crippen LogP contribution in [0.5, 0.6) is 11.5 Å². The molecule has 1 amide bonds. The number of aryl methyl sites for hydroxylation is 2. The summed E-state index contributed by atoms with van der Waals surface area (Å²) in [5.74, 6) is 1.32. The van der Waals surface area contributed by atoms with Gasteiger partial charge in [-0.1, -0.05) is 6.07 Å². The van der Waals surface area contributed by atoms with Crippen molar-refractivity contribution < 1.29 is 14.3 Å². The minimum absolute atomic E-state index is 0.00941. The number of aromatic nitrogens is 2. The molecule has 0 aliphatic rings. The highest BCUT2D eigenvalue weighted by atomic mass is 16.5. The highest BCUT2D eigenvalue weighted by Crippen LogP contribution is 2.27. The summed E-state index contributed by atoms with van der Waals surface area (Å²) in [5, 5.41) is 7.37. The van der Waals surface area contributed by atoms with Gasteiger partial charge in [-0.15, -0.1) is 0 Å². The molecule has 1 aromatic carbocycles. The maximum absolute atomic E-state index is 12.2. The van der Waals surface area contributed by atoms with Gasteiger partial charge in [0.05, 0.1) is 26.0 Å². The molecule has 1 aromatic heterocycles. The van der Waals surface area contributed by atoms with Gasteiger partial charge in [0.1, 0.15) is 0 Å². The Morgan fingerprint density at radius 3 is 2.50 bits per heavy atom. The Balaban J connectivity index is 1.92. The molecule has 0 saturated heterocycles. The van der Waals surface area contributed by atoms with E-state index in [1.54, 1.807) is 14.2 Å². The van der Waals surface area contributed by atoms with Crippen molar-refractivity contribution in [1.82, 2.24) is 15.1 Å². The number of carbonyl (C=O) groups excluding carboxylic acids is 1. The molecule has 24 heavy (non-hydrogen) atoms. The van der Waals surface area contributed by atoms with Gasteiger partial charge < -0.3 is 14.8 Å². The molecule has 6 nitrogen and oxygen atoms in total. The van der Waals surface area contributed by atoms with Crippen LogP contribution in [-0.2, 0) is 11.3 Å². The van der Waals surface area contributed by atoms with Crippen LogP contribution in [0.15, 0.2) is 24.3 Å². The summed E-state index contributed by atoms with van der Waals surface area (Å²) in [6.07, 6.45) is 0.384. The third kappa shape index (κ3) is 4.28. The van der Waals surface area contributed by atoms with E-state index in [0.29, 0.717) is 24.5 Å². The highest BCUT2D eigenvalue weighted by molar-refractivity contribution is 5.76. The average Bonchev–Trinajstić information content (AvgIpc) is 2.91. The number of nitrogens with zero attached hydrogens (tertiary/aromatic N) is 2. The lowest BCUT2D eigenvalue weighted by Gasteiger charge is -2.15. The largest absolute Gasteiger partial charge is 0.493 e. The lowest BCUT2D eigenvalue weighted by molar-refractivity contribution is -0.122. The van der Waals surface area contributed by atoms with E-state index in [1.165, 1.54) is 0 Å². The summed E-state index contributed by atoms with van der Waals surface area (Å²) in [6, 6.07) is 7.64. The zero-order valence-electron chi connectivity index (χ0n) is 14.9. The van der Waals surface area contributed by atoms with Gasteiger partial charge in [-0.2, -0.15) is 5.10 Å². The fourth-order valence-electron chi connectivity index (χ4n) is 2.71. The van der Waals surface area contributed by atoms with Crippen molar-refractivity contribution in [2.24, 2.45) is 0 Å². The van der Waals surface area contributed by atoms with E-state index < -0.39 is 0 Å². The summed E-state index contributed by atoms with van der Waals surface area (Å²) in [5.41, 5.74) is 2.98. The molecular formula is C18H25N3O3. The number of methoxy groups -OCH3 is 2. The van der Waals surface area contributed by atoms with E-state index in [4.69, 9.17) is 9.47 Å². The molecule has 0 fully saturated rings. The molecular weight excluding hydrogens is 306 g/mol. The maximum atomic E-state index is 12.2. The number of hydrogen-bond acceptors (Lipinski definition) is 4. The van der Waals surface area contributed by atoms with Gasteiger partial charge in [0, 0.05) is 18.7 Å². The molecule has 1 unspecified atom stereocenters. The first-order valence-electron chi connectivity index (χ1n) is 7.95. The Labute approximate surface area is 142 Å². The predicted octanol–water partition coefficient (Wildman–Crippen LogP) is 2.78. The molecule has 0 saturated carbocycles. The Bertz CT molecular complexity index is 710. The van der Waals surface area contributed by atoms with Gasteiger partial charge >= 0.3 is 0 Å². The quantitative estimate of drug-likeness (QED) is 0.847. The Morgan fingerprint density at radius 1 is 1.21 bits per heavy atom. The van der Waals surface area contributed by atoms with Crippen LogP contribution in [0.25, 0.3) is 0 Å². The second-order valence-corrected chi connectivity index (χ2v) is 5.89. The Kier molecular flexibility index (Phi) is 5.84. The molecule has 0 aliphatic carbocycles. The van der Waals surface area contributed by atoms with Crippen LogP contribution in [0.3, 0.4) is 0 Å². The van der Waals surface area contributed by atoms with Gasteiger partial charge in [-0.05, 0) is 44.5 Å². The van der Waals surface area contributed by atoms with Crippen LogP contribution in [-0.4, -0.2) is 29.9 Å². The van der Waals surface area contributed by atoms with Crippen molar-refractivity contribution in [2.75, 3.05) is 14.2 Å². The van der Waals surface area contributed by atoms with Crippen molar-refractivity contribution in [1.29, 1.82) is 0 Å². The van der Waals surface area contributed by atoms with E-state index in [0.717, 1.165) is 17.0 Å². The van der Waals surface area contributed by atoms with Crippen LogP contribution in [0.4, 0.5) is 0 Å². The number of hydrogen-bond donors (Lipinski definition) is 1. The molecule has 0 spiro atoms. The van der Waals surface area contributed by atoms with E-state index in [9.17, 15) is 4.79 Å². The number of ether oxygens (including phenoxy) is 2. The van der Waals surface area contributed by atoms with Crippen LogP contribution < -0.4 is 14.8 Å². The fraction of sp³-hybridized carbons (Fsp3) is 0.444. The van der Waals surface area contributed by atoms with Gasteiger partial charge in [0.2, 0.25) is 5.91 Å². The Hall–Kier alpha value is -2.50. The summed E-state index contributed by atoms with van der Waals surface area (Å²) < 4.78 is 12.4. The summed E-state index contributed by atoms with van der Waals surface area (Å²) in [6.45, 7) is 6.39. The van der Waals surface area contributed by atoms with Gasteiger partial charge in [-0.3, -0.25) is 9.48 Å². The van der Waals surface area contributed by atoms with Gasteiger partial charge in [-0.25, -0.2) is 0 Å². The highest BCUT2D eigenvalue weighted by Gasteiger charge is 2.14. The third-order valence-corrected chi connectivity index (χ3v) is 3.88. The topological polar surface area (TPSA) is 65.4 Å². The molecule has 6 heteroatoms. The molecule has 0 bridgehead atoms. The molecule has 2 rings (SSSR count). The lowest BCUT2D eigenvalue weighted by Crippen LogP contribution is -2.26. The molecule has 1 N–H and O–H groups in total. The van der Waals surface area contributed by atoms with Crippen LogP contribution >= 0.6 is 0 Å². The lowest BCUT2D eigenvalue weighted by atomic mass is 10.2. The zero-order chi connectivity index (χ0) is 17.7. The van der Waals surface area contributed by atoms with Crippen molar-refractivity contribution >= 4 is 5.91 Å². The first kappa shape index (κ1) is 17.8.